The summed E-state index contributed by atoms with van der Waals surface area (Å²) in [6.07, 6.45) is 6.83. The molecule has 0 aromatic rings. The minimum atomic E-state index is 0.335. The third-order valence-corrected chi connectivity index (χ3v) is 3.18. The molecule has 1 aliphatic carbocycles. The van der Waals surface area contributed by atoms with Gasteiger partial charge in [0, 0.05) is 12.3 Å². The van der Waals surface area contributed by atoms with Crippen LogP contribution in [0.1, 0.15) is 59.3 Å². The highest BCUT2D eigenvalue weighted by atomic mass is 16.1. The van der Waals surface area contributed by atoms with Crippen LogP contribution in [0.3, 0.4) is 0 Å². The molecule has 0 aliphatic heterocycles. The van der Waals surface area contributed by atoms with Gasteiger partial charge in [0.1, 0.15) is 5.78 Å². The molecular weight excluding hydrogens is 160 g/mol. The highest BCUT2D eigenvalue weighted by molar-refractivity contribution is 5.84. The quantitative estimate of drug-likeness (QED) is 0.574. The molecule has 0 heterocycles. The van der Waals surface area contributed by atoms with Crippen molar-refractivity contribution in [2.45, 2.75) is 59.3 Å². The molecule has 0 amide bonds. The van der Waals surface area contributed by atoms with E-state index in [1.165, 1.54) is 19.3 Å². The van der Waals surface area contributed by atoms with Gasteiger partial charge in [-0.2, -0.15) is 0 Å². The molecule has 0 radical (unpaired) electrons. The number of hydrogen-bond acceptors (Lipinski definition) is 1. The second kappa shape index (κ2) is 4.26. The molecule has 76 valence electrons. The van der Waals surface area contributed by atoms with Crippen LogP contribution in [0.4, 0.5) is 0 Å². The van der Waals surface area contributed by atoms with Gasteiger partial charge in [-0.3, -0.25) is 4.79 Å². The van der Waals surface area contributed by atoms with E-state index in [-0.39, 0.29) is 0 Å². The zero-order chi connectivity index (χ0) is 9.90. The van der Waals surface area contributed by atoms with Gasteiger partial charge < -0.3 is 0 Å². The van der Waals surface area contributed by atoms with Crippen LogP contribution in [0.15, 0.2) is 0 Å². The van der Waals surface area contributed by atoms with E-state index in [0.717, 1.165) is 19.3 Å². The van der Waals surface area contributed by atoms with Crippen LogP contribution in [0, 0.1) is 11.3 Å². The number of rotatable bonds is 6. The molecule has 0 N–H and O–H groups in total. The topological polar surface area (TPSA) is 17.1 Å². The van der Waals surface area contributed by atoms with Crippen LogP contribution in [-0.2, 0) is 4.79 Å². The standard InChI is InChI=1S/C12H22O/c1-4-5-6-7-8-11(13)10-9-12(10,2)3/h10H,4-9H2,1-3H3. The van der Waals surface area contributed by atoms with Crippen molar-refractivity contribution in [3.8, 4) is 0 Å². The fourth-order valence-electron chi connectivity index (χ4n) is 1.92. The normalized spacial score (nSPS) is 24.4. The van der Waals surface area contributed by atoms with E-state index in [4.69, 9.17) is 0 Å². The lowest BCUT2D eigenvalue weighted by atomic mass is 10.0. The van der Waals surface area contributed by atoms with Crippen molar-refractivity contribution in [3.63, 3.8) is 0 Å². The zero-order valence-corrected chi connectivity index (χ0v) is 9.23. The van der Waals surface area contributed by atoms with Crippen LogP contribution >= 0.6 is 0 Å². The highest BCUT2D eigenvalue weighted by Crippen LogP contribution is 2.52. The lowest BCUT2D eigenvalue weighted by molar-refractivity contribution is -0.121. The second-order valence-electron chi connectivity index (χ2n) is 5.02. The molecule has 0 spiro atoms. The summed E-state index contributed by atoms with van der Waals surface area (Å²) in [4.78, 5) is 11.6. The first-order valence-corrected chi connectivity index (χ1v) is 5.60. The Labute approximate surface area is 81.9 Å². The van der Waals surface area contributed by atoms with Crippen molar-refractivity contribution in [2.24, 2.45) is 11.3 Å². The van der Waals surface area contributed by atoms with E-state index >= 15 is 0 Å². The van der Waals surface area contributed by atoms with Crippen molar-refractivity contribution in [1.29, 1.82) is 0 Å². The molecule has 1 aliphatic rings. The number of carbonyl (C=O) groups excluding carboxylic acids is 1. The summed E-state index contributed by atoms with van der Waals surface area (Å²) in [5.41, 5.74) is 0.335. The molecule has 0 aromatic heterocycles. The molecule has 1 rings (SSSR count). The molecule has 0 aromatic carbocycles. The maximum absolute atomic E-state index is 11.6. The summed E-state index contributed by atoms with van der Waals surface area (Å²) in [6, 6.07) is 0. The predicted octanol–water partition coefficient (Wildman–Crippen LogP) is 3.57. The van der Waals surface area contributed by atoms with Crippen molar-refractivity contribution in [3.05, 3.63) is 0 Å². The van der Waals surface area contributed by atoms with Crippen molar-refractivity contribution in [2.75, 3.05) is 0 Å². The second-order valence-corrected chi connectivity index (χ2v) is 5.02. The van der Waals surface area contributed by atoms with Crippen LogP contribution in [-0.4, -0.2) is 5.78 Å². The summed E-state index contributed by atoms with van der Waals surface area (Å²) in [5, 5.41) is 0. The summed E-state index contributed by atoms with van der Waals surface area (Å²) in [5.74, 6) is 0.912. The van der Waals surface area contributed by atoms with E-state index in [2.05, 4.69) is 20.8 Å². The predicted molar refractivity (Wildman–Crippen MR) is 55.7 cm³/mol. The summed E-state index contributed by atoms with van der Waals surface area (Å²) < 4.78 is 0. The highest BCUT2D eigenvalue weighted by Gasteiger charge is 2.49. The summed E-state index contributed by atoms with van der Waals surface area (Å²) in [7, 11) is 0. The number of carbonyl (C=O) groups is 1. The molecule has 0 bridgehead atoms. The monoisotopic (exact) mass is 182 g/mol. The molecular formula is C12H22O. The van der Waals surface area contributed by atoms with Crippen LogP contribution in [0.5, 0.6) is 0 Å². The Kier molecular flexibility index (Phi) is 3.52. The van der Waals surface area contributed by atoms with Gasteiger partial charge in [0.15, 0.2) is 0 Å². The van der Waals surface area contributed by atoms with Crippen LogP contribution < -0.4 is 0 Å². The average Bonchev–Trinajstić information content (AvgIpc) is 2.69. The molecule has 1 saturated carbocycles. The maximum Gasteiger partial charge on any atom is 0.136 e. The smallest absolute Gasteiger partial charge is 0.136 e. The molecule has 0 saturated heterocycles. The lowest BCUT2D eigenvalue weighted by Gasteiger charge is -2.02. The summed E-state index contributed by atoms with van der Waals surface area (Å²) >= 11 is 0. The fourth-order valence-corrected chi connectivity index (χ4v) is 1.92. The fraction of sp³-hybridized carbons (Fsp3) is 0.917. The number of ketones is 1. The first-order chi connectivity index (χ1) is 6.08. The Morgan fingerprint density at radius 1 is 1.31 bits per heavy atom. The molecule has 1 unspecified atom stereocenters. The van der Waals surface area contributed by atoms with E-state index in [1.807, 2.05) is 0 Å². The first kappa shape index (κ1) is 10.7. The maximum atomic E-state index is 11.6. The number of unbranched alkanes of at least 4 members (excludes halogenated alkanes) is 3. The van der Waals surface area contributed by atoms with E-state index < -0.39 is 0 Å². The summed E-state index contributed by atoms with van der Waals surface area (Å²) in [6.45, 7) is 6.59. The Morgan fingerprint density at radius 3 is 2.38 bits per heavy atom. The van der Waals surface area contributed by atoms with E-state index in [0.29, 0.717) is 17.1 Å². The van der Waals surface area contributed by atoms with Gasteiger partial charge in [-0.1, -0.05) is 40.0 Å². The van der Waals surface area contributed by atoms with E-state index in [1.54, 1.807) is 0 Å². The van der Waals surface area contributed by atoms with Gasteiger partial charge >= 0.3 is 0 Å². The average molecular weight is 182 g/mol. The Hall–Kier alpha value is -0.330. The van der Waals surface area contributed by atoms with Crippen LogP contribution in [0.2, 0.25) is 0 Å². The lowest BCUT2D eigenvalue weighted by Crippen LogP contribution is -2.05. The van der Waals surface area contributed by atoms with Gasteiger partial charge in [0.25, 0.3) is 0 Å². The van der Waals surface area contributed by atoms with Gasteiger partial charge in [-0.05, 0) is 18.3 Å². The van der Waals surface area contributed by atoms with Gasteiger partial charge in [-0.15, -0.1) is 0 Å². The van der Waals surface area contributed by atoms with Gasteiger partial charge in [0.05, 0.1) is 0 Å². The van der Waals surface area contributed by atoms with Crippen molar-refractivity contribution >= 4 is 5.78 Å². The largest absolute Gasteiger partial charge is 0.299 e. The Morgan fingerprint density at radius 2 is 1.92 bits per heavy atom. The molecule has 1 atom stereocenters. The minimum Gasteiger partial charge on any atom is -0.299 e. The SMILES string of the molecule is CCCCCCC(=O)C1CC1(C)C. The molecule has 1 nitrogen and oxygen atoms in total. The van der Waals surface area contributed by atoms with Crippen molar-refractivity contribution in [1.82, 2.24) is 0 Å². The Bertz CT molecular complexity index is 182. The molecule has 1 fully saturated rings. The van der Waals surface area contributed by atoms with Gasteiger partial charge in [0.2, 0.25) is 0 Å². The molecule has 13 heavy (non-hydrogen) atoms. The molecule has 1 heteroatoms. The van der Waals surface area contributed by atoms with Crippen molar-refractivity contribution < 1.29 is 4.79 Å². The van der Waals surface area contributed by atoms with E-state index in [9.17, 15) is 4.79 Å². The Balaban J connectivity index is 2.06. The third kappa shape index (κ3) is 3.13. The minimum absolute atomic E-state index is 0.335. The first-order valence-electron chi connectivity index (χ1n) is 5.60. The van der Waals surface area contributed by atoms with Gasteiger partial charge in [-0.25, -0.2) is 0 Å². The third-order valence-electron chi connectivity index (χ3n) is 3.18. The van der Waals surface area contributed by atoms with Crippen LogP contribution in [0.25, 0.3) is 0 Å². The number of Topliss-reactive ketones (excluding diaryl/α,β-unsaturated/α-hetero) is 1. The zero-order valence-electron chi connectivity index (χ0n) is 9.23. The number of hydrogen-bond donors (Lipinski definition) is 0.